The highest BCUT2D eigenvalue weighted by Gasteiger charge is 2.06. The number of hydrogen-bond acceptors (Lipinski definition) is 1. The topological polar surface area (TPSA) is 9.23 Å². The van der Waals surface area contributed by atoms with Crippen molar-refractivity contribution in [1.29, 1.82) is 0 Å². The summed E-state index contributed by atoms with van der Waals surface area (Å²) in [5, 5.41) is 0.574. The highest BCUT2D eigenvalue weighted by atomic mass is 79.9. The molecule has 0 saturated carbocycles. The van der Waals surface area contributed by atoms with E-state index in [-0.39, 0.29) is 0 Å². The van der Waals surface area contributed by atoms with Crippen LogP contribution in [-0.4, -0.2) is 0 Å². The van der Waals surface area contributed by atoms with Crippen molar-refractivity contribution < 1.29 is 4.74 Å². The van der Waals surface area contributed by atoms with Crippen molar-refractivity contribution in [1.82, 2.24) is 0 Å². The van der Waals surface area contributed by atoms with E-state index in [1.165, 1.54) is 0 Å². The quantitative estimate of drug-likeness (QED) is 0.625. The maximum Gasteiger partial charge on any atom is 0.146 e. The van der Waals surface area contributed by atoms with Crippen LogP contribution in [0.3, 0.4) is 0 Å². The van der Waals surface area contributed by atoms with E-state index in [0.717, 1.165) is 21.3 Å². The molecule has 0 heterocycles. The molecule has 18 heavy (non-hydrogen) atoms. The smallest absolute Gasteiger partial charge is 0.146 e. The van der Waals surface area contributed by atoms with Crippen molar-refractivity contribution in [2.24, 2.45) is 0 Å². The van der Waals surface area contributed by atoms with E-state index in [1.807, 2.05) is 37.3 Å². The van der Waals surface area contributed by atoms with Gasteiger partial charge in [-0.05, 0) is 42.3 Å². The van der Waals surface area contributed by atoms with Crippen LogP contribution in [-0.2, 0) is 5.88 Å². The first-order chi connectivity index (χ1) is 8.60. The Bertz CT molecular complexity index is 570. The molecular formula is C14H11BrCl2O. The van der Waals surface area contributed by atoms with Crippen LogP contribution in [0.25, 0.3) is 0 Å². The lowest BCUT2D eigenvalue weighted by atomic mass is 10.1. The fourth-order valence-corrected chi connectivity index (χ4v) is 2.46. The third kappa shape index (κ3) is 3.19. The van der Waals surface area contributed by atoms with E-state index in [1.54, 1.807) is 6.07 Å². The normalized spacial score (nSPS) is 10.4. The molecule has 2 rings (SSSR count). The first kappa shape index (κ1) is 13.7. The van der Waals surface area contributed by atoms with Crippen LogP contribution in [0.1, 0.15) is 11.1 Å². The lowest BCUT2D eigenvalue weighted by molar-refractivity contribution is 0.479. The van der Waals surface area contributed by atoms with Gasteiger partial charge in [-0.25, -0.2) is 0 Å². The maximum absolute atomic E-state index is 6.11. The SMILES string of the molecule is Cc1cc(CCl)ccc1Oc1ccc(Br)cc1Cl. The Balaban J connectivity index is 2.28. The Morgan fingerprint density at radius 2 is 1.83 bits per heavy atom. The highest BCUT2D eigenvalue weighted by Crippen LogP contribution is 2.33. The molecule has 0 saturated heterocycles. The molecule has 1 nitrogen and oxygen atoms in total. The van der Waals surface area contributed by atoms with E-state index in [9.17, 15) is 0 Å². The van der Waals surface area contributed by atoms with Crippen LogP contribution in [0.4, 0.5) is 0 Å². The summed E-state index contributed by atoms with van der Waals surface area (Å²) in [4.78, 5) is 0. The van der Waals surface area contributed by atoms with Gasteiger partial charge in [0.05, 0.1) is 5.02 Å². The zero-order chi connectivity index (χ0) is 13.1. The summed E-state index contributed by atoms with van der Waals surface area (Å²) in [5.41, 5.74) is 2.11. The second kappa shape index (κ2) is 5.96. The van der Waals surface area contributed by atoms with Crippen LogP contribution in [0.2, 0.25) is 5.02 Å². The largest absolute Gasteiger partial charge is 0.456 e. The molecule has 94 valence electrons. The number of halogens is 3. The highest BCUT2D eigenvalue weighted by molar-refractivity contribution is 9.10. The molecule has 0 fully saturated rings. The minimum atomic E-state index is 0.500. The predicted molar refractivity (Wildman–Crippen MR) is 80.0 cm³/mol. The summed E-state index contributed by atoms with van der Waals surface area (Å²) in [7, 11) is 0. The summed E-state index contributed by atoms with van der Waals surface area (Å²) in [6, 6.07) is 11.4. The molecule has 0 aliphatic carbocycles. The summed E-state index contributed by atoms with van der Waals surface area (Å²) < 4.78 is 6.72. The van der Waals surface area contributed by atoms with Crippen LogP contribution in [0.5, 0.6) is 11.5 Å². The first-order valence-corrected chi connectivity index (χ1v) is 7.09. The third-order valence-electron chi connectivity index (χ3n) is 2.51. The number of ether oxygens (including phenoxy) is 1. The van der Waals surface area contributed by atoms with Gasteiger partial charge >= 0.3 is 0 Å². The number of alkyl halides is 1. The molecular weight excluding hydrogens is 335 g/mol. The molecule has 0 unspecified atom stereocenters. The van der Waals surface area contributed by atoms with Gasteiger partial charge in [0.1, 0.15) is 11.5 Å². The van der Waals surface area contributed by atoms with Crippen LogP contribution in [0, 0.1) is 6.92 Å². The van der Waals surface area contributed by atoms with E-state index in [4.69, 9.17) is 27.9 Å². The molecule has 0 bridgehead atoms. The maximum atomic E-state index is 6.11. The molecule has 0 N–H and O–H groups in total. The van der Waals surface area contributed by atoms with Crippen molar-refractivity contribution in [3.8, 4) is 11.5 Å². The fraction of sp³-hybridized carbons (Fsp3) is 0.143. The Labute approximate surface area is 125 Å². The van der Waals surface area contributed by atoms with Crippen LogP contribution >= 0.6 is 39.1 Å². The molecule has 0 aliphatic rings. The zero-order valence-corrected chi connectivity index (χ0v) is 12.8. The molecule has 0 radical (unpaired) electrons. The Morgan fingerprint density at radius 1 is 1.11 bits per heavy atom. The first-order valence-electron chi connectivity index (χ1n) is 5.38. The average Bonchev–Trinajstić information content (AvgIpc) is 2.34. The minimum absolute atomic E-state index is 0.500. The second-order valence-electron chi connectivity index (χ2n) is 3.91. The minimum Gasteiger partial charge on any atom is -0.456 e. The third-order valence-corrected chi connectivity index (χ3v) is 3.60. The number of aryl methyl sites for hydroxylation is 1. The summed E-state index contributed by atoms with van der Waals surface area (Å²) in [5.74, 6) is 1.93. The molecule has 4 heteroatoms. The van der Waals surface area contributed by atoms with Crippen molar-refractivity contribution in [3.63, 3.8) is 0 Å². The molecule has 0 amide bonds. The molecule has 0 spiro atoms. The number of rotatable bonds is 3. The van der Waals surface area contributed by atoms with Crippen molar-refractivity contribution in [2.45, 2.75) is 12.8 Å². The standard InChI is InChI=1S/C14H11BrCl2O/c1-9-6-10(8-16)2-4-13(9)18-14-5-3-11(15)7-12(14)17/h2-7H,8H2,1H3. The van der Waals surface area contributed by atoms with Gasteiger partial charge in [-0.15, -0.1) is 11.6 Å². The lowest BCUT2D eigenvalue weighted by Crippen LogP contribution is -1.90. The average molecular weight is 346 g/mol. The Hall–Kier alpha value is -0.700. The van der Waals surface area contributed by atoms with Gasteiger partial charge in [0, 0.05) is 10.4 Å². The van der Waals surface area contributed by atoms with E-state index < -0.39 is 0 Å². The van der Waals surface area contributed by atoms with Crippen LogP contribution in [0.15, 0.2) is 40.9 Å². The summed E-state index contributed by atoms with van der Waals surface area (Å²) in [6.07, 6.45) is 0. The Morgan fingerprint density at radius 3 is 2.44 bits per heavy atom. The number of hydrogen-bond donors (Lipinski definition) is 0. The van der Waals surface area contributed by atoms with Gasteiger partial charge < -0.3 is 4.74 Å². The van der Waals surface area contributed by atoms with Gasteiger partial charge in [0.25, 0.3) is 0 Å². The van der Waals surface area contributed by atoms with Gasteiger partial charge in [-0.1, -0.05) is 39.7 Å². The van der Waals surface area contributed by atoms with E-state index in [2.05, 4.69) is 15.9 Å². The van der Waals surface area contributed by atoms with Gasteiger partial charge in [0.2, 0.25) is 0 Å². The van der Waals surface area contributed by atoms with Crippen molar-refractivity contribution in [3.05, 3.63) is 57.0 Å². The van der Waals surface area contributed by atoms with E-state index in [0.29, 0.717) is 16.7 Å². The fourth-order valence-electron chi connectivity index (χ4n) is 1.59. The molecule has 0 atom stereocenters. The molecule has 2 aromatic rings. The van der Waals surface area contributed by atoms with E-state index >= 15 is 0 Å². The zero-order valence-electron chi connectivity index (χ0n) is 9.71. The molecule has 0 aromatic heterocycles. The van der Waals surface area contributed by atoms with Gasteiger partial charge in [-0.2, -0.15) is 0 Å². The summed E-state index contributed by atoms with van der Waals surface area (Å²) in [6.45, 7) is 1.98. The van der Waals surface area contributed by atoms with Crippen molar-refractivity contribution >= 4 is 39.1 Å². The monoisotopic (exact) mass is 344 g/mol. The van der Waals surface area contributed by atoms with Gasteiger partial charge in [-0.3, -0.25) is 0 Å². The Kier molecular flexibility index (Phi) is 4.55. The number of benzene rings is 2. The molecule has 2 aromatic carbocycles. The van der Waals surface area contributed by atoms with Gasteiger partial charge in [0.15, 0.2) is 0 Å². The predicted octanol–water partition coefficient (Wildman–Crippen LogP) is 5.94. The second-order valence-corrected chi connectivity index (χ2v) is 5.50. The molecule has 0 aliphatic heterocycles. The van der Waals surface area contributed by atoms with Crippen molar-refractivity contribution in [2.75, 3.05) is 0 Å². The summed E-state index contributed by atoms with van der Waals surface area (Å²) >= 11 is 15.3. The van der Waals surface area contributed by atoms with Crippen LogP contribution < -0.4 is 4.74 Å². The lowest BCUT2D eigenvalue weighted by Gasteiger charge is -2.11.